The van der Waals surface area contributed by atoms with Gasteiger partial charge in [0, 0.05) is 25.6 Å². The number of anilines is 1. The van der Waals surface area contributed by atoms with E-state index < -0.39 is 0 Å². The Labute approximate surface area is 89.2 Å². The smallest absolute Gasteiger partial charge is 0.297 e. The van der Waals surface area contributed by atoms with Crippen molar-refractivity contribution in [3.05, 3.63) is 12.0 Å². The standard InChI is InChI=1S/C10H17N3O2/c1-8(6-11)9-7-12-10(15-9)13-2-4-14-5-3-13/h7-8H,2-6,11H2,1H3. The lowest BCUT2D eigenvalue weighted by Crippen LogP contribution is -2.36. The van der Waals surface area contributed by atoms with Crippen LogP contribution < -0.4 is 10.6 Å². The molecule has 5 heteroatoms. The molecular formula is C10H17N3O2. The van der Waals surface area contributed by atoms with Gasteiger partial charge in [-0.2, -0.15) is 0 Å². The van der Waals surface area contributed by atoms with Gasteiger partial charge in [-0.3, -0.25) is 0 Å². The molecule has 1 fully saturated rings. The molecule has 1 unspecified atom stereocenters. The molecule has 1 saturated heterocycles. The highest BCUT2D eigenvalue weighted by atomic mass is 16.5. The fraction of sp³-hybridized carbons (Fsp3) is 0.700. The number of nitrogens with zero attached hydrogens (tertiary/aromatic N) is 2. The lowest BCUT2D eigenvalue weighted by Gasteiger charge is -2.24. The van der Waals surface area contributed by atoms with Crippen molar-refractivity contribution in [2.75, 3.05) is 37.7 Å². The van der Waals surface area contributed by atoms with Gasteiger partial charge in [0.25, 0.3) is 6.01 Å². The average Bonchev–Trinajstić information content (AvgIpc) is 2.78. The molecule has 2 N–H and O–H groups in total. The predicted octanol–water partition coefficient (Wildman–Crippen LogP) is 0.573. The quantitative estimate of drug-likeness (QED) is 0.792. The summed E-state index contributed by atoms with van der Waals surface area (Å²) in [5.74, 6) is 1.09. The largest absolute Gasteiger partial charge is 0.428 e. The monoisotopic (exact) mass is 211 g/mol. The molecule has 84 valence electrons. The molecule has 0 saturated carbocycles. The maximum Gasteiger partial charge on any atom is 0.297 e. The van der Waals surface area contributed by atoms with Gasteiger partial charge < -0.3 is 19.8 Å². The fourth-order valence-corrected chi connectivity index (χ4v) is 1.52. The molecule has 2 heterocycles. The van der Waals surface area contributed by atoms with Crippen LogP contribution in [0.2, 0.25) is 0 Å². The van der Waals surface area contributed by atoms with Gasteiger partial charge in [-0.05, 0) is 0 Å². The Balaban J connectivity index is 2.05. The molecule has 15 heavy (non-hydrogen) atoms. The van der Waals surface area contributed by atoms with Crippen molar-refractivity contribution in [2.45, 2.75) is 12.8 Å². The Morgan fingerprint density at radius 1 is 1.53 bits per heavy atom. The second-order valence-corrected chi connectivity index (χ2v) is 3.78. The second kappa shape index (κ2) is 4.63. The first kappa shape index (κ1) is 10.4. The van der Waals surface area contributed by atoms with Gasteiger partial charge in [-0.25, -0.2) is 4.98 Å². The molecular weight excluding hydrogens is 194 g/mol. The van der Waals surface area contributed by atoms with Crippen LogP contribution in [0.5, 0.6) is 0 Å². The van der Waals surface area contributed by atoms with Crippen molar-refractivity contribution in [3.63, 3.8) is 0 Å². The summed E-state index contributed by atoms with van der Waals surface area (Å²) in [4.78, 5) is 6.35. The Kier molecular flexibility index (Phi) is 3.23. The summed E-state index contributed by atoms with van der Waals surface area (Å²) >= 11 is 0. The van der Waals surface area contributed by atoms with E-state index in [-0.39, 0.29) is 5.92 Å². The van der Waals surface area contributed by atoms with Gasteiger partial charge in [0.1, 0.15) is 5.76 Å². The first-order valence-electron chi connectivity index (χ1n) is 5.29. The Hall–Kier alpha value is -1.07. The number of ether oxygens (including phenoxy) is 1. The van der Waals surface area contributed by atoms with Crippen LogP contribution in [0.15, 0.2) is 10.6 Å². The molecule has 0 bridgehead atoms. The van der Waals surface area contributed by atoms with Crippen molar-refractivity contribution >= 4 is 6.01 Å². The van der Waals surface area contributed by atoms with E-state index in [2.05, 4.69) is 9.88 Å². The van der Waals surface area contributed by atoms with Gasteiger partial charge in [-0.15, -0.1) is 0 Å². The molecule has 1 aliphatic heterocycles. The number of nitrogens with two attached hydrogens (primary N) is 1. The molecule has 0 amide bonds. The topological polar surface area (TPSA) is 64.5 Å². The molecule has 0 radical (unpaired) electrons. The second-order valence-electron chi connectivity index (χ2n) is 3.78. The zero-order valence-corrected chi connectivity index (χ0v) is 8.98. The average molecular weight is 211 g/mol. The van der Waals surface area contributed by atoms with E-state index in [0.29, 0.717) is 12.6 Å². The third kappa shape index (κ3) is 2.30. The third-order valence-corrected chi connectivity index (χ3v) is 2.63. The van der Waals surface area contributed by atoms with E-state index in [9.17, 15) is 0 Å². The van der Waals surface area contributed by atoms with Gasteiger partial charge in [0.2, 0.25) is 0 Å². The van der Waals surface area contributed by atoms with Crippen molar-refractivity contribution in [3.8, 4) is 0 Å². The molecule has 1 aromatic heterocycles. The zero-order valence-electron chi connectivity index (χ0n) is 8.98. The van der Waals surface area contributed by atoms with Crippen molar-refractivity contribution in [1.29, 1.82) is 0 Å². The molecule has 2 rings (SSSR count). The maximum atomic E-state index is 5.66. The lowest BCUT2D eigenvalue weighted by atomic mass is 10.1. The minimum Gasteiger partial charge on any atom is -0.428 e. The van der Waals surface area contributed by atoms with Crippen LogP contribution >= 0.6 is 0 Å². The summed E-state index contributed by atoms with van der Waals surface area (Å²) in [6.45, 7) is 5.78. The highest BCUT2D eigenvalue weighted by molar-refractivity contribution is 5.27. The molecule has 0 spiro atoms. The first-order chi connectivity index (χ1) is 7.31. The SMILES string of the molecule is CC(CN)c1cnc(N2CCOCC2)o1. The number of rotatable bonds is 3. The molecule has 0 aromatic carbocycles. The minimum absolute atomic E-state index is 0.229. The Morgan fingerprint density at radius 2 is 2.27 bits per heavy atom. The van der Waals surface area contributed by atoms with E-state index in [1.807, 2.05) is 6.92 Å². The fourth-order valence-electron chi connectivity index (χ4n) is 1.52. The predicted molar refractivity (Wildman–Crippen MR) is 57.0 cm³/mol. The lowest BCUT2D eigenvalue weighted by molar-refractivity contribution is 0.120. The van der Waals surface area contributed by atoms with Crippen molar-refractivity contribution in [1.82, 2.24) is 4.98 Å². The number of aromatic nitrogens is 1. The van der Waals surface area contributed by atoms with E-state index >= 15 is 0 Å². The zero-order chi connectivity index (χ0) is 10.7. The van der Waals surface area contributed by atoms with Crippen molar-refractivity contribution in [2.24, 2.45) is 5.73 Å². The third-order valence-electron chi connectivity index (χ3n) is 2.63. The van der Waals surface area contributed by atoms with Crippen LogP contribution in [-0.2, 0) is 4.74 Å². The van der Waals surface area contributed by atoms with E-state index in [1.54, 1.807) is 6.20 Å². The van der Waals surface area contributed by atoms with Crippen LogP contribution in [0.4, 0.5) is 6.01 Å². The molecule has 5 nitrogen and oxygen atoms in total. The van der Waals surface area contributed by atoms with Gasteiger partial charge in [0.05, 0.1) is 19.4 Å². The molecule has 1 atom stereocenters. The van der Waals surface area contributed by atoms with Crippen LogP contribution in [0.3, 0.4) is 0 Å². The maximum absolute atomic E-state index is 5.66. The summed E-state index contributed by atoms with van der Waals surface area (Å²) in [5.41, 5.74) is 5.57. The van der Waals surface area contributed by atoms with E-state index in [0.717, 1.165) is 32.1 Å². The number of hydrogen-bond acceptors (Lipinski definition) is 5. The van der Waals surface area contributed by atoms with E-state index in [4.69, 9.17) is 14.9 Å². The summed E-state index contributed by atoms with van der Waals surface area (Å²) < 4.78 is 10.9. The van der Waals surface area contributed by atoms with Gasteiger partial charge in [-0.1, -0.05) is 6.92 Å². The summed E-state index contributed by atoms with van der Waals surface area (Å²) in [7, 11) is 0. The molecule has 0 aliphatic carbocycles. The molecule has 1 aromatic rings. The van der Waals surface area contributed by atoms with Crippen LogP contribution in [0, 0.1) is 0 Å². The first-order valence-corrected chi connectivity index (χ1v) is 5.29. The summed E-state index contributed by atoms with van der Waals surface area (Å²) in [5, 5.41) is 0. The van der Waals surface area contributed by atoms with E-state index in [1.165, 1.54) is 0 Å². The summed E-state index contributed by atoms with van der Waals surface area (Å²) in [6, 6.07) is 0.689. The highest BCUT2D eigenvalue weighted by Gasteiger charge is 2.17. The van der Waals surface area contributed by atoms with Gasteiger partial charge >= 0.3 is 0 Å². The Bertz CT molecular complexity index is 307. The molecule has 1 aliphatic rings. The van der Waals surface area contributed by atoms with Crippen LogP contribution in [-0.4, -0.2) is 37.8 Å². The minimum atomic E-state index is 0.229. The van der Waals surface area contributed by atoms with Crippen molar-refractivity contribution < 1.29 is 9.15 Å². The number of hydrogen-bond donors (Lipinski definition) is 1. The van der Waals surface area contributed by atoms with Crippen LogP contribution in [0.25, 0.3) is 0 Å². The number of oxazole rings is 1. The summed E-state index contributed by atoms with van der Waals surface area (Å²) in [6.07, 6.45) is 1.77. The van der Waals surface area contributed by atoms with Gasteiger partial charge in [0.15, 0.2) is 0 Å². The number of morpholine rings is 1. The normalized spacial score (nSPS) is 19.2. The Morgan fingerprint density at radius 3 is 2.93 bits per heavy atom. The highest BCUT2D eigenvalue weighted by Crippen LogP contribution is 2.21. The van der Waals surface area contributed by atoms with Crippen LogP contribution in [0.1, 0.15) is 18.6 Å².